The second-order valence-electron chi connectivity index (χ2n) is 5.95. The van der Waals surface area contributed by atoms with E-state index in [0.717, 1.165) is 12.1 Å². The summed E-state index contributed by atoms with van der Waals surface area (Å²) < 4.78 is 11.6. The summed E-state index contributed by atoms with van der Waals surface area (Å²) in [6.45, 7) is 8.42. The number of nitrogen functional groups attached to an aromatic ring is 1. The Kier molecular flexibility index (Phi) is 5.36. The molecule has 0 spiro atoms. The Morgan fingerprint density at radius 3 is 2.26 bits per heavy atom. The summed E-state index contributed by atoms with van der Waals surface area (Å²) >= 11 is 0. The first-order valence-electron chi connectivity index (χ1n) is 6.62. The van der Waals surface area contributed by atoms with Gasteiger partial charge in [-0.2, -0.15) is 0 Å². The van der Waals surface area contributed by atoms with Gasteiger partial charge < -0.3 is 5.73 Å². The first kappa shape index (κ1) is 16.0. The Hall–Kier alpha value is -1.09. The fraction of sp³-hybridized carbons (Fsp3) is 0.500. The van der Waals surface area contributed by atoms with Crippen molar-refractivity contribution in [3.8, 4) is 0 Å². The Labute approximate surface area is 119 Å². The van der Waals surface area contributed by atoms with Crippen LogP contribution in [0.15, 0.2) is 30.3 Å². The van der Waals surface area contributed by atoms with Gasteiger partial charge in [0.05, 0.1) is 0 Å². The molecule has 0 aromatic heterocycles. The Morgan fingerprint density at radius 1 is 1.32 bits per heavy atom. The molecule has 1 rings (SSSR count). The highest BCUT2D eigenvalue weighted by atomic mass is 32.2. The smallest absolute Gasteiger partial charge is 0.0440 e. The molecular weight excluding hydrogens is 254 g/mol. The molecule has 19 heavy (non-hydrogen) atoms. The molecule has 1 atom stereocenters. The zero-order valence-electron chi connectivity index (χ0n) is 12.6. The van der Waals surface area contributed by atoms with Crippen molar-refractivity contribution < 1.29 is 4.21 Å². The standard InChI is InChI=1S/C16H25NOS/c1-12(2)10-14(11-16(3,4)19(5)18)13-6-8-15(17)9-7-13/h6-10,12H,11,17H2,1-5H3/b14-10+. The minimum Gasteiger partial charge on any atom is -0.399 e. The summed E-state index contributed by atoms with van der Waals surface area (Å²) in [5, 5.41) is 0. The van der Waals surface area contributed by atoms with E-state index in [1.165, 1.54) is 11.1 Å². The number of anilines is 1. The first-order chi connectivity index (χ1) is 8.72. The molecule has 0 bridgehead atoms. The molecule has 3 heteroatoms. The van der Waals surface area contributed by atoms with Gasteiger partial charge in [0, 0.05) is 27.5 Å². The maximum absolute atomic E-state index is 11.8. The molecule has 1 aromatic carbocycles. The lowest BCUT2D eigenvalue weighted by atomic mass is 9.93. The molecule has 0 saturated carbocycles. The lowest BCUT2D eigenvalue weighted by molar-refractivity contribution is 0.636. The molecule has 0 saturated heterocycles. The van der Waals surface area contributed by atoms with Crippen LogP contribution in [0, 0.1) is 5.92 Å². The van der Waals surface area contributed by atoms with Crippen LogP contribution in [0.4, 0.5) is 5.69 Å². The third-order valence-corrected chi connectivity index (χ3v) is 4.91. The number of hydrogen-bond donors (Lipinski definition) is 1. The molecular formula is C16H25NOS. The number of hydrogen-bond acceptors (Lipinski definition) is 2. The summed E-state index contributed by atoms with van der Waals surface area (Å²) in [4.78, 5) is 0. The third-order valence-electron chi connectivity index (χ3n) is 3.21. The van der Waals surface area contributed by atoms with Gasteiger partial charge in [-0.1, -0.05) is 32.1 Å². The largest absolute Gasteiger partial charge is 0.399 e. The van der Waals surface area contributed by atoms with Crippen molar-refractivity contribution in [3.05, 3.63) is 35.9 Å². The monoisotopic (exact) mass is 279 g/mol. The van der Waals surface area contributed by atoms with Crippen molar-refractivity contribution in [2.45, 2.75) is 38.9 Å². The molecule has 0 aliphatic rings. The van der Waals surface area contributed by atoms with Gasteiger partial charge in [0.15, 0.2) is 0 Å². The van der Waals surface area contributed by atoms with E-state index in [1.54, 1.807) is 6.26 Å². The van der Waals surface area contributed by atoms with Gasteiger partial charge in [0.25, 0.3) is 0 Å². The maximum atomic E-state index is 11.8. The van der Waals surface area contributed by atoms with Crippen molar-refractivity contribution in [2.24, 2.45) is 5.92 Å². The van der Waals surface area contributed by atoms with Gasteiger partial charge in [-0.3, -0.25) is 4.21 Å². The highest BCUT2D eigenvalue weighted by Crippen LogP contribution is 2.30. The summed E-state index contributed by atoms with van der Waals surface area (Å²) in [7, 11) is -0.855. The van der Waals surface area contributed by atoms with Crippen molar-refractivity contribution in [2.75, 3.05) is 12.0 Å². The van der Waals surface area contributed by atoms with Crippen LogP contribution in [0.3, 0.4) is 0 Å². The van der Waals surface area contributed by atoms with Crippen LogP contribution in [-0.2, 0) is 10.8 Å². The topological polar surface area (TPSA) is 43.1 Å². The van der Waals surface area contributed by atoms with Crippen molar-refractivity contribution >= 4 is 22.1 Å². The summed E-state index contributed by atoms with van der Waals surface area (Å²) in [5.74, 6) is 0.466. The van der Waals surface area contributed by atoms with Gasteiger partial charge >= 0.3 is 0 Å². The molecule has 1 unspecified atom stereocenters. The van der Waals surface area contributed by atoms with Crippen molar-refractivity contribution in [1.29, 1.82) is 0 Å². The number of benzene rings is 1. The molecule has 106 valence electrons. The van der Waals surface area contributed by atoms with Gasteiger partial charge in [0.1, 0.15) is 0 Å². The second-order valence-corrected chi connectivity index (χ2v) is 7.96. The maximum Gasteiger partial charge on any atom is 0.0440 e. The number of rotatable bonds is 5. The van der Waals surface area contributed by atoms with E-state index in [4.69, 9.17) is 5.73 Å². The Balaban J connectivity index is 3.10. The molecule has 0 heterocycles. The van der Waals surface area contributed by atoms with Crippen LogP contribution in [0.1, 0.15) is 39.7 Å². The quantitative estimate of drug-likeness (QED) is 0.832. The van der Waals surface area contributed by atoms with E-state index in [1.807, 2.05) is 24.3 Å². The molecule has 1 aromatic rings. The average Bonchev–Trinajstić information content (AvgIpc) is 2.27. The molecule has 0 aliphatic carbocycles. The van der Waals surface area contributed by atoms with Gasteiger partial charge in [0.2, 0.25) is 0 Å². The van der Waals surface area contributed by atoms with Crippen LogP contribution >= 0.6 is 0 Å². The predicted octanol–water partition coefficient (Wildman–Crippen LogP) is 3.86. The van der Waals surface area contributed by atoms with Gasteiger partial charge in [-0.15, -0.1) is 0 Å². The van der Waals surface area contributed by atoms with E-state index < -0.39 is 10.8 Å². The molecule has 0 fully saturated rings. The summed E-state index contributed by atoms with van der Waals surface area (Å²) in [6.07, 6.45) is 4.83. The summed E-state index contributed by atoms with van der Waals surface area (Å²) in [6, 6.07) is 7.91. The van der Waals surface area contributed by atoms with E-state index in [0.29, 0.717) is 5.92 Å². The fourth-order valence-electron chi connectivity index (χ4n) is 1.92. The van der Waals surface area contributed by atoms with Crippen molar-refractivity contribution in [1.82, 2.24) is 0 Å². The minimum atomic E-state index is -0.855. The third kappa shape index (κ3) is 4.83. The van der Waals surface area contributed by atoms with E-state index in [2.05, 4.69) is 33.8 Å². The molecule has 2 nitrogen and oxygen atoms in total. The molecule has 0 radical (unpaired) electrons. The summed E-state index contributed by atoms with van der Waals surface area (Å²) in [5.41, 5.74) is 8.92. The normalized spacial score (nSPS) is 14.7. The van der Waals surface area contributed by atoms with E-state index >= 15 is 0 Å². The molecule has 0 aliphatic heterocycles. The molecule has 0 amide bonds. The first-order valence-corrected chi connectivity index (χ1v) is 8.18. The molecule has 2 N–H and O–H groups in total. The van der Waals surface area contributed by atoms with Crippen LogP contribution in [0.25, 0.3) is 5.57 Å². The van der Waals surface area contributed by atoms with E-state index in [9.17, 15) is 4.21 Å². The van der Waals surface area contributed by atoms with Crippen molar-refractivity contribution in [3.63, 3.8) is 0 Å². The Bertz CT molecular complexity index is 472. The second kappa shape index (κ2) is 6.38. The zero-order chi connectivity index (χ0) is 14.6. The predicted molar refractivity (Wildman–Crippen MR) is 86.4 cm³/mol. The van der Waals surface area contributed by atoms with Crippen LogP contribution in [-0.4, -0.2) is 15.2 Å². The van der Waals surface area contributed by atoms with E-state index in [-0.39, 0.29) is 4.75 Å². The SMILES string of the molecule is CC(C)/C=C(\CC(C)(C)S(C)=O)c1ccc(N)cc1. The van der Waals surface area contributed by atoms with Crippen LogP contribution < -0.4 is 5.73 Å². The lowest BCUT2D eigenvalue weighted by Gasteiger charge is -2.24. The van der Waals surface area contributed by atoms with Crippen LogP contribution in [0.5, 0.6) is 0 Å². The number of allylic oxidation sites excluding steroid dienone is 2. The highest BCUT2D eigenvalue weighted by molar-refractivity contribution is 7.85. The Morgan fingerprint density at radius 2 is 1.84 bits per heavy atom. The van der Waals surface area contributed by atoms with Gasteiger partial charge in [-0.05, 0) is 49.5 Å². The van der Waals surface area contributed by atoms with Gasteiger partial charge in [-0.25, -0.2) is 0 Å². The highest BCUT2D eigenvalue weighted by Gasteiger charge is 2.24. The fourth-order valence-corrected chi connectivity index (χ4v) is 2.28. The minimum absolute atomic E-state index is 0.220. The lowest BCUT2D eigenvalue weighted by Crippen LogP contribution is -2.26. The van der Waals surface area contributed by atoms with Crippen LogP contribution in [0.2, 0.25) is 0 Å². The zero-order valence-corrected chi connectivity index (χ0v) is 13.4. The average molecular weight is 279 g/mol. The number of nitrogens with two attached hydrogens (primary N) is 1.